The highest BCUT2D eigenvalue weighted by atomic mass is 35.5. The Hall–Kier alpha value is -3.29. The number of benzene rings is 2. The van der Waals surface area contributed by atoms with Crippen LogP contribution in [0.1, 0.15) is 11.3 Å². The number of furan rings is 1. The van der Waals surface area contributed by atoms with Crippen molar-refractivity contribution in [3.05, 3.63) is 82.6 Å². The number of anilines is 1. The van der Waals surface area contributed by atoms with Crippen LogP contribution in [0.15, 0.2) is 70.7 Å². The summed E-state index contributed by atoms with van der Waals surface area (Å²) in [5.41, 5.74) is 2.77. The molecule has 0 spiro atoms. The summed E-state index contributed by atoms with van der Waals surface area (Å²) in [7, 11) is 0. The summed E-state index contributed by atoms with van der Waals surface area (Å²) in [6.07, 6.45) is 2.27. The van der Waals surface area contributed by atoms with Gasteiger partial charge in [-0.3, -0.25) is 4.79 Å². The van der Waals surface area contributed by atoms with Gasteiger partial charge in [0.2, 0.25) is 0 Å². The topological polar surface area (TPSA) is 57.2 Å². The van der Waals surface area contributed by atoms with Gasteiger partial charge in [-0.05, 0) is 42.3 Å². The zero-order valence-corrected chi connectivity index (χ0v) is 15.1. The van der Waals surface area contributed by atoms with E-state index in [9.17, 15) is 10.1 Å². The maximum absolute atomic E-state index is 12.8. The predicted octanol–water partition coefficient (Wildman–Crippen LogP) is 5.10. The van der Waals surface area contributed by atoms with Crippen LogP contribution >= 0.6 is 11.6 Å². The lowest BCUT2D eigenvalue weighted by Crippen LogP contribution is -2.29. The van der Waals surface area contributed by atoms with Crippen LogP contribution in [0.2, 0.25) is 5.02 Å². The highest BCUT2D eigenvalue weighted by molar-refractivity contribution is 6.33. The second-order valence-electron chi connectivity index (χ2n) is 6.19. The number of hydrogen-bond donors (Lipinski definition) is 0. The van der Waals surface area contributed by atoms with Gasteiger partial charge in [-0.25, -0.2) is 0 Å². The third-order valence-electron chi connectivity index (χ3n) is 4.54. The van der Waals surface area contributed by atoms with Crippen molar-refractivity contribution in [2.24, 2.45) is 0 Å². The fourth-order valence-electron chi connectivity index (χ4n) is 3.21. The molecule has 2 heterocycles. The lowest BCUT2D eigenvalue weighted by molar-refractivity contribution is -0.114. The fraction of sp³-hybridized carbons (Fsp3) is 0.0909. The zero-order valence-electron chi connectivity index (χ0n) is 14.4. The monoisotopic (exact) mass is 374 g/mol. The molecule has 0 saturated heterocycles. The summed E-state index contributed by atoms with van der Waals surface area (Å²) in [6, 6.07) is 20.6. The third kappa shape index (κ3) is 3.25. The SMILES string of the molecule is N#C/C(=C\c1ccc(-c2ccccc2Cl)o1)C(=O)N1CCc2ccccc21. The number of carbonyl (C=O) groups excluding carboxylic acids is 1. The maximum atomic E-state index is 12.8. The molecule has 0 bridgehead atoms. The van der Waals surface area contributed by atoms with E-state index in [4.69, 9.17) is 16.0 Å². The molecule has 4 rings (SSSR count). The van der Waals surface area contributed by atoms with Gasteiger partial charge in [0.15, 0.2) is 0 Å². The summed E-state index contributed by atoms with van der Waals surface area (Å²) >= 11 is 6.20. The van der Waals surface area contributed by atoms with Gasteiger partial charge in [-0.15, -0.1) is 0 Å². The van der Waals surface area contributed by atoms with Gasteiger partial charge in [-0.1, -0.05) is 41.9 Å². The van der Waals surface area contributed by atoms with E-state index in [1.54, 1.807) is 23.1 Å². The van der Waals surface area contributed by atoms with Gasteiger partial charge in [0.05, 0.1) is 5.02 Å². The molecule has 5 heteroatoms. The molecular formula is C22H15ClN2O2. The van der Waals surface area contributed by atoms with Crippen molar-refractivity contribution in [1.82, 2.24) is 0 Å². The van der Waals surface area contributed by atoms with Crippen LogP contribution in [0.3, 0.4) is 0 Å². The summed E-state index contributed by atoms with van der Waals surface area (Å²) in [5, 5.41) is 10.1. The van der Waals surface area contributed by atoms with Crippen LogP contribution in [0.4, 0.5) is 5.69 Å². The molecule has 1 aromatic heterocycles. The van der Waals surface area contributed by atoms with Crippen molar-refractivity contribution >= 4 is 29.3 Å². The molecule has 0 saturated carbocycles. The predicted molar refractivity (Wildman–Crippen MR) is 105 cm³/mol. The van der Waals surface area contributed by atoms with Crippen molar-refractivity contribution in [2.75, 3.05) is 11.4 Å². The standard InChI is InChI=1S/C22H15ClN2O2/c23-19-7-3-2-6-18(19)21-10-9-17(27-21)13-16(14-24)22(26)25-12-11-15-5-1-4-8-20(15)25/h1-10,13H,11-12H2/b16-13+. The van der Waals surface area contributed by atoms with Crippen LogP contribution in [-0.4, -0.2) is 12.5 Å². The van der Waals surface area contributed by atoms with E-state index in [-0.39, 0.29) is 11.5 Å². The number of halogens is 1. The van der Waals surface area contributed by atoms with E-state index in [2.05, 4.69) is 0 Å². The molecule has 1 aliphatic rings. The normalized spacial score (nSPS) is 13.3. The first-order valence-electron chi connectivity index (χ1n) is 8.53. The van der Waals surface area contributed by atoms with Gasteiger partial charge in [0, 0.05) is 23.9 Å². The Bertz CT molecular complexity index is 1090. The molecule has 2 aromatic carbocycles. The minimum atomic E-state index is -0.321. The van der Waals surface area contributed by atoms with Gasteiger partial charge < -0.3 is 9.32 Å². The van der Waals surface area contributed by atoms with E-state index >= 15 is 0 Å². The van der Waals surface area contributed by atoms with Gasteiger partial charge >= 0.3 is 0 Å². The number of fused-ring (bicyclic) bond motifs is 1. The Labute approximate surface area is 161 Å². The molecule has 0 N–H and O–H groups in total. The maximum Gasteiger partial charge on any atom is 0.269 e. The van der Waals surface area contributed by atoms with Crippen molar-refractivity contribution in [3.8, 4) is 17.4 Å². The van der Waals surface area contributed by atoms with Crippen molar-refractivity contribution in [1.29, 1.82) is 5.26 Å². The Morgan fingerprint density at radius 2 is 1.89 bits per heavy atom. The molecule has 132 valence electrons. The number of carbonyl (C=O) groups is 1. The Kier molecular flexibility index (Phi) is 4.53. The summed E-state index contributed by atoms with van der Waals surface area (Å²) in [5.74, 6) is 0.698. The second-order valence-corrected chi connectivity index (χ2v) is 6.59. The van der Waals surface area contributed by atoms with E-state index in [0.717, 1.165) is 23.2 Å². The van der Waals surface area contributed by atoms with Gasteiger partial charge in [0.25, 0.3) is 5.91 Å². The number of nitrogens with zero attached hydrogens (tertiary/aromatic N) is 2. The smallest absolute Gasteiger partial charge is 0.269 e. The molecule has 1 aliphatic heterocycles. The van der Waals surface area contributed by atoms with Gasteiger partial charge in [0.1, 0.15) is 23.2 Å². The molecule has 0 fully saturated rings. The third-order valence-corrected chi connectivity index (χ3v) is 4.87. The number of rotatable bonds is 3. The quantitative estimate of drug-likeness (QED) is 0.473. The van der Waals surface area contributed by atoms with Crippen LogP contribution < -0.4 is 4.90 Å². The van der Waals surface area contributed by atoms with E-state index < -0.39 is 0 Å². The first-order valence-corrected chi connectivity index (χ1v) is 8.91. The molecule has 0 unspecified atom stereocenters. The Morgan fingerprint density at radius 3 is 2.70 bits per heavy atom. The highest BCUT2D eigenvalue weighted by Gasteiger charge is 2.26. The molecule has 0 atom stereocenters. The van der Waals surface area contributed by atoms with Gasteiger partial charge in [-0.2, -0.15) is 5.26 Å². The first-order chi connectivity index (χ1) is 13.2. The van der Waals surface area contributed by atoms with E-state index in [1.165, 1.54) is 6.08 Å². The van der Waals surface area contributed by atoms with Crippen LogP contribution in [0, 0.1) is 11.3 Å². The molecule has 0 radical (unpaired) electrons. The Balaban J connectivity index is 1.62. The number of nitriles is 1. The average Bonchev–Trinajstić information content (AvgIpc) is 3.33. The highest BCUT2D eigenvalue weighted by Crippen LogP contribution is 2.31. The minimum absolute atomic E-state index is 0.0340. The molecule has 4 nitrogen and oxygen atoms in total. The first kappa shape index (κ1) is 17.1. The Morgan fingerprint density at radius 1 is 1.11 bits per heavy atom. The molecule has 27 heavy (non-hydrogen) atoms. The lowest BCUT2D eigenvalue weighted by Gasteiger charge is -2.16. The molecule has 3 aromatic rings. The largest absolute Gasteiger partial charge is 0.457 e. The van der Waals surface area contributed by atoms with E-state index in [1.807, 2.05) is 48.5 Å². The minimum Gasteiger partial charge on any atom is -0.457 e. The molecule has 0 aliphatic carbocycles. The summed E-state index contributed by atoms with van der Waals surface area (Å²) in [4.78, 5) is 14.5. The molecule has 1 amide bonds. The lowest BCUT2D eigenvalue weighted by atomic mass is 10.1. The molecular weight excluding hydrogens is 360 g/mol. The van der Waals surface area contributed by atoms with E-state index in [0.29, 0.717) is 23.1 Å². The number of hydrogen-bond acceptors (Lipinski definition) is 3. The van der Waals surface area contributed by atoms with Crippen molar-refractivity contribution < 1.29 is 9.21 Å². The van der Waals surface area contributed by atoms with Crippen molar-refractivity contribution in [3.63, 3.8) is 0 Å². The summed E-state index contributed by atoms with van der Waals surface area (Å²) < 4.78 is 5.78. The summed E-state index contributed by atoms with van der Waals surface area (Å²) in [6.45, 7) is 0.570. The van der Waals surface area contributed by atoms with Crippen molar-refractivity contribution in [2.45, 2.75) is 6.42 Å². The zero-order chi connectivity index (χ0) is 18.8. The van der Waals surface area contributed by atoms with Crippen LogP contribution in [-0.2, 0) is 11.2 Å². The second kappa shape index (κ2) is 7.14. The number of amides is 1. The fourth-order valence-corrected chi connectivity index (χ4v) is 3.44. The van der Waals surface area contributed by atoms with Crippen LogP contribution in [0.25, 0.3) is 17.4 Å². The van der Waals surface area contributed by atoms with Crippen LogP contribution in [0.5, 0.6) is 0 Å². The number of para-hydroxylation sites is 1. The average molecular weight is 375 g/mol.